The summed E-state index contributed by atoms with van der Waals surface area (Å²) >= 11 is 0. The van der Waals surface area contributed by atoms with Gasteiger partial charge in [-0.3, -0.25) is 9.68 Å². The molecule has 0 spiro atoms. The molecule has 120 valence electrons. The first-order valence-electron chi connectivity index (χ1n) is 8.13. The van der Waals surface area contributed by atoms with Gasteiger partial charge in [0.15, 0.2) is 0 Å². The summed E-state index contributed by atoms with van der Waals surface area (Å²) in [7, 11) is 0. The van der Waals surface area contributed by atoms with Crippen molar-refractivity contribution >= 4 is 6.47 Å². The molecule has 0 aromatic rings. The van der Waals surface area contributed by atoms with Crippen LogP contribution >= 0.6 is 0 Å². The minimum absolute atomic E-state index is 0.197. The average Bonchev–Trinajstić information content (AvgIpc) is 2.49. The van der Waals surface area contributed by atoms with Crippen LogP contribution in [-0.2, 0) is 19.6 Å². The van der Waals surface area contributed by atoms with E-state index in [4.69, 9.17) is 0 Å². The summed E-state index contributed by atoms with van der Waals surface area (Å²) in [6.45, 7) is 7.64. The smallest absolute Gasteiger partial charge is 0.272 e. The number of hydrogen-bond acceptors (Lipinski definition) is 4. The third kappa shape index (κ3) is 9.32. The molecule has 0 bridgehead atoms. The van der Waals surface area contributed by atoms with Crippen molar-refractivity contribution in [3.05, 3.63) is 0 Å². The van der Waals surface area contributed by atoms with Crippen LogP contribution < -0.4 is 0 Å². The number of carbonyl (C=O) groups is 1. The Kier molecular flexibility index (Phi) is 13.0. The van der Waals surface area contributed by atoms with Crippen LogP contribution in [0.25, 0.3) is 0 Å². The molecule has 0 atom stereocenters. The zero-order chi connectivity index (χ0) is 15.1. The molecule has 0 N–H and O–H groups in total. The van der Waals surface area contributed by atoms with Gasteiger partial charge in [-0.05, 0) is 23.3 Å². The first-order chi connectivity index (χ1) is 9.74. The van der Waals surface area contributed by atoms with Gasteiger partial charge in [-0.15, -0.1) is 0 Å². The Morgan fingerprint density at radius 2 is 1.40 bits per heavy atom. The summed E-state index contributed by atoms with van der Waals surface area (Å²) in [4.78, 5) is 18.3. The zero-order valence-electron chi connectivity index (χ0n) is 13.5. The van der Waals surface area contributed by atoms with Gasteiger partial charge < -0.3 is 0 Å². The summed E-state index contributed by atoms with van der Waals surface area (Å²) in [6, 6.07) is 0. The van der Waals surface area contributed by atoms with Crippen LogP contribution in [0.1, 0.15) is 85.0 Å². The van der Waals surface area contributed by atoms with Crippen molar-refractivity contribution in [3.63, 3.8) is 0 Å². The van der Waals surface area contributed by atoms with Crippen LogP contribution in [0.2, 0.25) is 0 Å². The molecule has 0 fully saturated rings. The van der Waals surface area contributed by atoms with E-state index in [9.17, 15) is 4.79 Å². The van der Waals surface area contributed by atoms with E-state index in [0.29, 0.717) is 12.0 Å². The molecule has 0 aromatic heterocycles. The van der Waals surface area contributed by atoms with Crippen LogP contribution in [0.3, 0.4) is 0 Å². The Labute approximate surface area is 124 Å². The molecule has 0 aliphatic heterocycles. The van der Waals surface area contributed by atoms with Gasteiger partial charge in [0.05, 0.1) is 6.61 Å². The fourth-order valence-electron chi connectivity index (χ4n) is 2.73. The SMILES string of the molecule is CCC(CC)(CC)CCCCCCCCOOOC=O. The van der Waals surface area contributed by atoms with Gasteiger partial charge in [0, 0.05) is 0 Å². The zero-order valence-corrected chi connectivity index (χ0v) is 13.5. The summed E-state index contributed by atoms with van der Waals surface area (Å²) in [5.74, 6) is 0. The molecule has 0 rings (SSSR count). The summed E-state index contributed by atoms with van der Waals surface area (Å²) in [5.41, 5.74) is 0.587. The lowest BCUT2D eigenvalue weighted by Gasteiger charge is -2.30. The highest BCUT2D eigenvalue weighted by Crippen LogP contribution is 2.36. The second kappa shape index (κ2) is 13.4. The van der Waals surface area contributed by atoms with Gasteiger partial charge in [0.25, 0.3) is 0 Å². The molecule has 0 unspecified atom stereocenters. The second-order valence-electron chi connectivity index (χ2n) is 5.51. The Morgan fingerprint density at radius 1 is 0.850 bits per heavy atom. The summed E-state index contributed by atoms with van der Waals surface area (Å²) in [5, 5.41) is 4.13. The third-order valence-electron chi connectivity index (χ3n) is 4.56. The average molecular weight is 288 g/mol. The van der Waals surface area contributed by atoms with Crippen molar-refractivity contribution in [1.82, 2.24) is 0 Å². The van der Waals surface area contributed by atoms with Crippen LogP contribution in [0.15, 0.2) is 0 Å². The van der Waals surface area contributed by atoms with Gasteiger partial charge in [-0.1, -0.05) is 72.1 Å². The topological polar surface area (TPSA) is 44.8 Å². The third-order valence-corrected chi connectivity index (χ3v) is 4.56. The minimum atomic E-state index is 0.197. The lowest BCUT2D eigenvalue weighted by molar-refractivity contribution is -0.481. The van der Waals surface area contributed by atoms with Crippen molar-refractivity contribution in [2.24, 2.45) is 5.41 Å². The molecule has 4 nitrogen and oxygen atoms in total. The normalized spacial score (nSPS) is 11.6. The molecule has 0 saturated heterocycles. The van der Waals surface area contributed by atoms with Gasteiger partial charge in [0.2, 0.25) is 0 Å². The van der Waals surface area contributed by atoms with E-state index >= 15 is 0 Å². The predicted molar refractivity (Wildman–Crippen MR) is 79.8 cm³/mol. The molecule has 0 saturated carbocycles. The molecule has 0 amide bonds. The van der Waals surface area contributed by atoms with Crippen LogP contribution in [0.5, 0.6) is 0 Å². The molecule has 0 aliphatic rings. The van der Waals surface area contributed by atoms with Crippen LogP contribution in [0.4, 0.5) is 0 Å². The van der Waals surface area contributed by atoms with Crippen molar-refractivity contribution in [3.8, 4) is 0 Å². The van der Waals surface area contributed by atoms with Gasteiger partial charge in [0.1, 0.15) is 0 Å². The maximum atomic E-state index is 9.75. The van der Waals surface area contributed by atoms with Crippen molar-refractivity contribution < 1.29 is 19.6 Å². The molecule has 0 aromatic carbocycles. The monoisotopic (exact) mass is 288 g/mol. The molecule has 0 aliphatic carbocycles. The highest BCUT2D eigenvalue weighted by atomic mass is 17.5. The fraction of sp³-hybridized carbons (Fsp3) is 0.938. The molecular weight excluding hydrogens is 256 g/mol. The Balaban J connectivity index is 3.33. The first-order valence-corrected chi connectivity index (χ1v) is 8.13. The van der Waals surface area contributed by atoms with Gasteiger partial charge in [-0.25, -0.2) is 0 Å². The van der Waals surface area contributed by atoms with E-state index in [1.165, 1.54) is 51.4 Å². The highest BCUT2D eigenvalue weighted by molar-refractivity contribution is 5.35. The molecule has 4 heteroatoms. The Hall–Kier alpha value is -0.610. The predicted octanol–water partition coefficient (Wildman–Crippen LogP) is 4.97. The second-order valence-corrected chi connectivity index (χ2v) is 5.51. The van der Waals surface area contributed by atoms with Crippen molar-refractivity contribution in [1.29, 1.82) is 0 Å². The summed E-state index contributed by atoms with van der Waals surface area (Å²) in [6.07, 6.45) is 12.6. The van der Waals surface area contributed by atoms with Crippen LogP contribution in [-0.4, -0.2) is 13.1 Å². The largest absolute Gasteiger partial charge is 0.334 e. The van der Waals surface area contributed by atoms with E-state index < -0.39 is 0 Å². The van der Waals surface area contributed by atoms with E-state index in [0.717, 1.165) is 12.8 Å². The molecular formula is C16H32O4. The standard InChI is InChI=1S/C16H32O4/c1-4-16(5-2,6-3)13-11-9-7-8-10-12-14-18-20-19-15-17/h15H,4-14H2,1-3H3. The number of carbonyl (C=O) groups excluding carboxylic acids is 1. The highest BCUT2D eigenvalue weighted by Gasteiger charge is 2.22. The Morgan fingerprint density at radius 3 is 1.95 bits per heavy atom. The fourth-order valence-corrected chi connectivity index (χ4v) is 2.73. The quantitative estimate of drug-likeness (QED) is 0.185. The molecule has 0 radical (unpaired) electrons. The summed E-state index contributed by atoms with van der Waals surface area (Å²) < 4.78 is 0. The number of hydrogen-bond donors (Lipinski definition) is 0. The first kappa shape index (κ1) is 19.4. The lowest BCUT2D eigenvalue weighted by Crippen LogP contribution is -2.17. The van der Waals surface area contributed by atoms with Gasteiger partial charge >= 0.3 is 6.47 Å². The molecule has 0 heterocycles. The lowest BCUT2D eigenvalue weighted by atomic mass is 9.75. The van der Waals surface area contributed by atoms with E-state index in [2.05, 4.69) is 35.6 Å². The van der Waals surface area contributed by atoms with Crippen LogP contribution in [0, 0.1) is 5.41 Å². The molecule has 20 heavy (non-hydrogen) atoms. The number of rotatable bonds is 15. The van der Waals surface area contributed by atoms with Crippen molar-refractivity contribution in [2.75, 3.05) is 6.61 Å². The maximum absolute atomic E-state index is 9.75. The Bertz CT molecular complexity index is 206. The van der Waals surface area contributed by atoms with E-state index in [1.54, 1.807) is 0 Å². The van der Waals surface area contributed by atoms with E-state index in [1.807, 2.05) is 0 Å². The minimum Gasteiger partial charge on any atom is -0.272 e. The van der Waals surface area contributed by atoms with Crippen molar-refractivity contribution in [2.45, 2.75) is 85.0 Å². The number of unbranched alkanes of at least 4 members (excludes halogenated alkanes) is 5. The van der Waals surface area contributed by atoms with Gasteiger partial charge in [-0.2, -0.15) is 4.89 Å². The van der Waals surface area contributed by atoms with E-state index in [-0.39, 0.29) is 6.47 Å². The maximum Gasteiger partial charge on any atom is 0.334 e.